The second-order valence-electron chi connectivity index (χ2n) is 3.68. The maximum atomic E-state index is 12.8. The van der Waals surface area contributed by atoms with Crippen LogP contribution in [0.25, 0.3) is 0 Å². The van der Waals surface area contributed by atoms with Gasteiger partial charge in [-0.25, -0.2) is 8.78 Å². The normalized spacial score (nSPS) is 15.2. The van der Waals surface area contributed by atoms with Crippen LogP contribution in [0, 0.1) is 11.6 Å². The van der Waals surface area contributed by atoms with Gasteiger partial charge in [0.05, 0.1) is 5.60 Å². The Morgan fingerprint density at radius 1 is 1.21 bits per heavy atom. The SMILES string of the molecule is CCCC(C)(O)c1cc(F)cc(F)c1. The zero-order chi connectivity index (χ0) is 10.8. The van der Waals surface area contributed by atoms with E-state index in [1.807, 2.05) is 6.92 Å². The Balaban J connectivity index is 3.05. The van der Waals surface area contributed by atoms with Crippen molar-refractivity contribution in [3.8, 4) is 0 Å². The van der Waals surface area contributed by atoms with Crippen LogP contribution in [-0.4, -0.2) is 5.11 Å². The van der Waals surface area contributed by atoms with Crippen LogP contribution in [0.2, 0.25) is 0 Å². The topological polar surface area (TPSA) is 20.2 Å². The van der Waals surface area contributed by atoms with Crippen molar-refractivity contribution in [2.24, 2.45) is 0 Å². The summed E-state index contributed by atoms with van der Waals surface area (Å²) < 4.78 is 25.7. The Hall–Kier alpha value is -0.960. The summed E-state index contributed by atoms with van der Waals surface area (Å²) in [7, 11) is 0. The first-order chi connectivity index (χ1) is 6.45. The van der Waals surface area contributed by atoms with Crippen LogP contribution >= 0.6 is 0 Å². The Bertz CT molecular complexity index is 301. The molecule has 0 amide bonds. The van der Waals surface area contributed by atoms with Gasteiger partial charge in [-0.05, 0) is 31.0 Å². The smallest absolute Gasteiger partial charge is 0.126 e. The molecule has 14 heavy (non-hydrogen) atoms. The predicted octanol–water partition coefficient (Wildman–Crippen LogP) is 2.97. The summed E-state index contributed by atoms with van der Waals surface area (Å²) in [5.74, 6) is -1.31. The van der Waals surface area contributed by atoms with E-state index in [0.717, 1.165) is 12.5 Å². The van der Waals surface area contributed by atoms with Crippen LogP contribution in [0.1, 0.15) is 32.3 Å². The molecule has 0 aliphatic carbocycles. The molecule has 0 fully saturated rings. The minimum Gasteiger partial charge on any atom is -0.385 e. The fourth-order valence-corrected chi connectivity index (χ4v) is 1.50. The maximum Gasteiger partial charge on any atom is 0.126 e. The van der Waals surface area contributed by atoms with Gasteiger partial charge in [0.25, 0.3) is 0 Å². The highest BCUT2D eigenvalue weighted by Gasteiger charge is 2.22. The van der Waals surface area contributed by atoms with Gasteiger partial charge in [0.15, 0.2) is 0 Å². The third kappa shape index (κ3) is 2.51. The van der Waals surface area contributed by atoms with Crippen LogP contribution in [0.3, 0.4) is 0 Å². The zero-order valence-corrected chi connectivity index (χ0v) is 8.35. The van der Waals surface area contributed by atoms with E-state index < -0.39 is 17.2 Å². The number of halogens is 2. The summed E-state index contributed by atoms with van der Waals surface area (Å²) in [6, 6.07) is 3.13. The zero-order valence-electron chi connectivity index (χ0n) is 8.35. The Labute approximate surface area is 82.4 Å². The average molecular weight is 200 g/mol. The van der Waals surface area contributed by atoms with E-state index >= 15 is 0 Å². The van der Waals surface area contributed by atoms with Crippen molar-refractivity contribution < 1.29 is 13.9 Å². The minimum absolute atomic E-state index is 0.289. The van der Waals surface area contributed by atoms with Gasteiger partial charge >= 0.3 is 0 Å². The Morgan fingerprint density at radius 3 is 2.14 bits per heavy atom. The highest BCUT2D eigenvalue weighted by Crippen LogP contribution is 2.26. The average Bonchev–Trinajstić information content (AvgIpc) is 2.02. The van der Waals surface area contributed by atoms with Crippen molar-refractivity contribution in [1.82, 2.24) is 0 Å². The molecular formula is C11H14F2O. The van der Waals surface area contributed by atoms with Crippen LogP contribution in [0.15, 0.2) is 18.2 Å². The van der Waals surface area contributed by atoms with Crippen molar-refractivity contribution in [3.05, 3.63) is 35.4 Å². The molecule has 0 aliphatic heterocycles. The predicted molar refractivity (Wildman–Crippen MR) is 50.8 cm³/mol. The van der Waals surface area contributed by atoms with Crippen molar-refractivity contribution in [2.45, 2.75) is 32.3 Å². The third-order valence-electron chi connectivity index (χ3n) is 2.22. The van der Waals surface area contributed by atoms with Gasteiger partial charge in [-0.15, -0.1) is 0 Å². The molecule has 0 saturated heterocycles. The van der Waals surface area contributed by atoms with E-state index in [0.29, 0.717) is 6.42 Å². The molecule has 0 aliphatic rings. The van der Waals surface area contributed by atoms with E-state index in [1.54, 1.807) is 6.92 Å². The second-order valence-corrected chi connectivity index (χ2v) is 3.68. The number of rotatable bonds is 3. The van der Waals surface area contributed by atoms with Gasteiger partial charge in [0.1, 0.15) is 11.6 Å². The van der Waals surface area contributed by atoms with Crippen molar-refractivity contribution >= 4 is 0 Å². The highest BCUT2D eigenvalue weighted by molar-refractivity contribution is 5.23. The summed E-state index contributed by atoms with van der Waals surface area (Å²) >= 11 is 0. The fraction of sp³-hybridized carbons (Fsp3) is 0.455. The van der Waals surface area contributed by atoms with Crippen molar-refractivity contribution in [3.63, 3.8) is 0 Å². The standard InChI is InChI=1S/C11H14F2O/c1-3-4-11(2,14)8-5-9(12)7-10(13)6-8/h5-7,14H,3-4H2,1-2H3. The first kappa shape index (κ1) is 11.1. The molecule has 3 heteroatoms. The van der Waals surface area contributed by atoms with Crippen molar-refractivity contribution in [2.75, 3.05) is 0 Å². The lowest BCUT2D eigenvalue weighted by molar-refractivity contribution is 0.0463. The molecule has 1 N–H and O–H groups in total. The van der Waals surface area contributed by atoms with Gasteiger partial charge in [-0.3, -0.25) is 0 Å². The highest BCUT2D eigenvalue weighted by atomic mass is 19.1. The molecule has 0 bridgehead atoms. The van der Waals surface area contributed by atoms with E-state index in [4.69, 9.17) is 0 Å². The van der Waals surface area contributed by atoms with Gasteiger partial charge in [0.2, 0.25) is 0 Å². The summed E-state index contributed by atoms with van der Waals surface area (Å²) in [6.45, 7) is 3.47. The lowest BCUT2D eigenvalue weighted by atomic mass is 9.91. The first-order valence-electron chi connectivity index (χ1n) is 4.64. The Morgan fingerprint density at radius 2 is 1.71 bits per heavy atom. The minimum atomic E-state index is -1.16. The molecule has 0 saturated carbocycles. The molecule has 1 nitrogen and oxygen atoms in total. The van der Waals surface area contributed by atoms with Gasteiger partial charge in [-0.2, -0.15) is 0 Å². The van der Waals surface area contributed by atoms with E-state index in [2.05, 4.69) is 0 Å². The van der Waals surface area contributed by atoms with Crippen LogP contribution in [-0.2, 0) is 5.60 Å². The number of aliphatic hydroxyl groups is 1. The lowest BCUT2D eigenvalue weighted by Gasteiger charge is -2.23. The van der Waals surface area contributed by atoms with Crippen LogP contribution in [0.5, 0.6) is 0 Å². The second kappa shape index (κ2) is 4.05. The first-order valence-corrected chi connectivity index (χ1v) is 4.64. The molecule has 1 aromatic carbocycles. The molecule has 0 radical (unpaired) electrons. The molecule has 1 aromatic rings. The molecule has 1 unspecified atom stereocenters. The van der Waals surface area contributed by atoms with Crippen LogP contribution in [0.4, 0.5) is 8.78 Å². The molecular weight excluding hydrogens is 186 g/mol. The molecule has 0 spiro atoms. The summed E-state index contributed by atoms with van der Waals surface area (Å²) in [5, 5.41) is 9.90. The van der Waals surface area contributed by atoms with Crippen LogP contribution < -0.4 is 0 Å². The van der Waals surface area contributed by atoms with Gasteiger partial charge in [0, 0.05) is 6.07 Å². The fourth-order valence-electron chi connectivity index (χ4n) is 1.50. The quantitative estimate of drug-likeness (QED) is 0.795. The van der Waals surface area contributed by atoms with E-state index in [9.17, 15) is 13.9 Å². The monoisotopic (exact) mass is 200 g/mol. The number of hydrogen-bond donors (Lipinski definition) is 1. The lowest BCUT2D eigenvalue weighted by Crippen LogP contribution is -2.21. The summed E-state index contributed by atoms with van der Waals surface area (Å²) in [5.41, 5.74) is -0.866. The van der Waals surface area contributed by atoms with E-state index in [1.165, 1.54) is 12.1 Å². The van der Waals surface area contributed by atoms with Gasteiger partial charge in [-0.1, -0.05) is 13.3 Å². The largest absolute Gasteiger partial charge is 0.385 e. The van der Waals surface area contributed by atoms with E-state index in [-0.39, 0.29) is 5.56 Å². The third-order valence-corrected chi connectivity index (χ3v) is 2.22. The maximum absolute atomic E-state index is 12.8. The number of hydrogen-bond acceptors (Lipinski definition) is 1. The summed E-state index contributed by atoms with van der Waals surface area (Å²) in [6.07, 6.45) is 1.24. The molecule has 1 atom stereocenters. The number of benzene rings is 1. The molecule has 78 valence electrons. The molecule has 0 aromatic heterocycles. The molecule has 1 rings (SSSR count). The van der Waals surface area contributed by atoms with Gasteiger partial charge < -0.3 is 5.11 Å². The summed E-state index contributed by atoms with van der Waals surface area (Å²) in [4.78, 5) is 0. The van der Waals surface area contributed by atoms with Crippen molar-refractivity contribution in [1.29, 1.82) is 0 Å². The molecule has 0 heterocycles. The Kier molecular flexibility index (Phi) is 3.21.